The van der Waals surface area contributed by atoms with E-state index < -0.39 is 5.97 Å². The van der Waals surface area contributed by atoms with E-state index in [0.717, 1.165) is 21.7 Å². The molecule has 0 spiro atoms. The molecule has 0 bridgehead atoms. The molecule has 0 saturated carbocycles. The number of halogens is 1. The minimum Gasteiger partial charge on any atom is -0.465 e. The van der Waals surface area contributed by atoms with Gasteiger partial charge >= 0.3 is 5.97 Å². The van der Waals surface area contributed by atoms with Crippen LogP contribution in [0.5, 0.6) is 0 Å². The molecule has 7 heteroatoms. The molecule has 0 aliphatic rings. The van der Waals surface area contributed by atoms with Crippen molar-refractivity contribution in [3.8, 4) is 21.7 Å². The maximum atomic E-state index is 13.4. The number of nitrogens with two attached hydrogens (primary N) is 1. The summed E-state index contributed by atoms with van der Waals surface area (Å²) in [5, 5.41) is 2.66. The van der Waals surface area contributed by atoms with Gasteiger partial charge in [0.15, 0.2) is 0 Å². The van der Waals surface area contributed by atoms with Crippen LogP contribution in [0, 0.1) is 5.82 Å². The van der Waals surface area contributed by atoms with Gasteiger partial charge in [0, 0.05) is 5.39 Å². The van der Waals surface area contributed by atoms with Crippen LogP contribution in [0.3, 0.4) is 0 Å². The van der Waals surface area contributed by atoms with Crippen LogP contribution in [0.1, 0.15) is 9.67 Å². The van der Waals surface area contributed by atoms with Gasteiger partial charge in [-0.25, -0.2) is 14.2 Å². The highest BCUT2D eigenvalue weighted by Gasteiger charge is 2.22. The molecule has 2 N–H and O–H groups in total. The van der Waals surface area contributed by atoms with Crippen LogP contribution in [0.25, 0.3) is 31.9 Å². The first-order valence-corrected chi connectivity index (χ1v) is 9.39. The third-order valence-corrected chi connectivity index (χ3v) is 5.97. The van der Waals surface area contributed by atoms with E-state index in [2.05, 4.69) is 4.98 Å². The second-order valence-electron chi connectivity index (χ2n) is 5.56. The molecule has 0 radical (unpaired) electrons. The summed E-state index contributed by atoms with van der Waals surface area (Å²) in [6, 6.07) is 12.0. The normalized spacial score (nSPS) is 11.0. The summed E-state index contributed by atoms with van der Waals surface area (Å²) in [5.74, 6) is -0.806. The Morgan fingerprint density at radius 1 is 1.23 bits per heavy atom. The number of carbonyl (C=O) groups is 1. The number of pyridine rings is 1. The van der Waals surface area contributed by atoms with Crippen molar-refractivity contribution in [1.29, 1.82) is 0 Å². The molecular formula is C19H13FN2O2S2. The van der Waals surface area contributed by atoms with Gasteiger partial charge < -0.3 is 10.5 Å². The minimum atomic E-state index is -0.492. The summed E-state index contributed by atoms with van der Waals surface area (Å²) in [6.07, 6.45) is 0. The molecule has 0 fully saturated rings. The van der Waals surface area contributed by atoms with Crippen molar-refractivity contribution in [2.24, 2.45) is 0 Å². The van der Waals surface area contributed by atoms with Gasteiger partial charge in [-0.05, 0) is 40.8 Å². The lowest BCUT2D eigenvalue weighted by atomic mass is 10.0. The number of benzene rings is 1. The van der Waals surface area contributed by atoms with Gasteiger partial charge in [-0.2, -0.15) is 0 Å². The lowest BCUT2D eigenvalue weighted by Crippen LogP contribution is -2.01. The van der Waals surface area contributed by atoms with Crippen molar-refractivity contribution < 1.29 is 13.9 Å². The minimum absolute atomic E-state index is 0.314. The zero-order valence-electron chi connectivity index (χ0n) is 13.7. The Balaban J connectivity index is 2.04. The predicted molar refractivity (Wildman–Crippen MR) is 104 cm³/mol. The third kappa shape index (κ3) is 2.75. The van der Waals surface area contributed by atoms with E-state index in [1.807, 2.05) is 23.6 Å². The maximum Gasteiger partial charge on any atom is 0.350 e. The summed E-state index contributed by atoms with van der Waals surface area (Å²) in [4.78, 5) is 18.7. The first kappa shape index (κ1) is 16.7. The number of fused-ring (bicyclic) bond motifs is 1. The number of methoxy groups -OCH3 is 1. The summed E-state index contributed by atoms with van der Waals surface area (Å²) >= 11 is 2.77. The zero-order valence-corrected chi connectivity index (χ0v) is 15.3. The second kappa shape index (κ2) is 6.51. The molecule has 4 rings (SSSR count). The number of carbonyl (C=O) groups excluding carboxylic acids is 1. The maximum absolute atomic E-state index is 13.4. The van der Waals surface area contributed by atoms with Gasteiger partial charge in [-0.1, -0.05) is 18.2 Å². The number of anilines is 1. The highest BCUT2D eigenvalue weighted by molar-refractivity contribution is 7.21. The van der Waals surface area contributed by atoms with Crippen LogP contribution in [0.15, 0.2) is 47.8 Å². The number of esters is 1. The summed E-state index contributed by atoms with van der Waals surface area (Å²) in [6.45, 7) is 0. The number of nitrogen functional groups attached to an aromatic ring is 1. The van der Waals surface area contributed by atoms with Crippen LogP contribution in [0.4, 0.5) is 10.1 Å². The van der Waals surface area contributed by atoms with Crippen molar-refractivity contribution in [1.82, 2.24) is 4.98 Å². The van der Waals surface area contributed by atoms with Gasteiger partial charge in [-0.15, -0.1) is 22.7 Å². The number of ether oxygens (including phenoxy) is 1. The number of nitrogens with zero attached hydrogens (tertiary/aromatic N) is 1. The van der Waals surface area contributed by atoms with E-state index in [0.29, 0.717) is 20.8 Å². The second-order valence-corrected chi connectivity index (χ2v) is 7.50. The van der Waals surface area contributed by atoms with Crippen LogP contribution in [0.2, 0.25) is 0 Å². The van der Waals surface area contributed by atoms with Gasteiger partial charge in [0.2, 0.25) is 0 Å². The molecule has 1 aromatic carbocycles. The fourth-order valence-corrected chi connectivity index (χ4v) is 4.50. The van der Waals surface area contributed by atoms with Gasteiger partial charge in [0.1, 0.15) is 15.5 Å². The Morgan fingerprint density at radius 2 is 2.00 bits per heavy atom. The highest BCUT2D eigenvalue weighted by Crippen LogP contribution is 2.42. The first-order chi connectivity index (χ1) is 12.6. The molecule has 4 nitrogen and oxygen atoms in total. The molecule has 26 heavy (non-hydrogen) atoms. The Bertz CT molecular complexity index is 1100. The average Bonchev–Trinajstić information content (AvgIpc) is 3.29. The van der Waals surface area contributed by atoms with E-state index >= 15 is 0 Å². The van der Waals surface area contributed by atoms with Crippen LogP contribution in [-0.2, 0) is 4.74 Å². The molecule has 0 atom stereocenters. The number of hydrogen-bond acceptors (Lipinski definition) is 6. The molecule has 0 unspecified atom stereocenters. The standard InChI is InChI=1S/C19H13FN2O2S2/c1-24-19(23)17-16(21)15-12(10-4-6-11(20)7-5-10)9-13(22-18(15)26-17)14-3-2-8-25-14/h2-9H,21H2,1H3. The average molecular weight is 384 g/mol. The van der Waals surface area contributed by atoms with E-state index in [1.54, 1.807) is 23.5 Å². The molecule has 0 aliphatic heterocycles. The lowest BCUT2D eigenvalue weighted by molar-refractivity contribution is 0.0607. The van der Waals surface area contributed by atoms with E-state index in [4.69, 9.17) is 10.5 Å². The van der Waals surface area contributed by atoms with E-state index in [9.17, 15) is 9.18 Å². The quantitative estimate of drug-likeness (QED) is 0.493. The van der Waals surface area contributed by atoms with Gasteiger partial charge in [0.25, 0.3) is 0 Å². The molecule has 0 amide bonds. The zero-order chi connectivity index (χ0) is 18.3. The summed E-state index contributed by atoms with van der Waals surface area (Å²) in [5.41, 5.74) is 8.98. The van der Waals surface area contributed by atoms with Crippen LogP contribution < -0.4 is 5.73 Å². The third-order valence-electron chi connectivity index (χ3n) is 4.00. The molecule has 3 aromatic heterocycles. The summed E-state index contributed by atoms with van der Waals surface area (Å²) in [7, 11) is 1.32. The van der Waals surface area contributed by atoms with Crippen molar-refractivity contribution >= 4 is 44.5 Å². The molecule has 3 heterocycles. The Hall–Kier alpha value is -2.77. The van der Waals surface area contributed by atoms with E-state index in [1.165, 1.54) is 30.6 Å². The molecule has 4 aromatic rings. The van der Waals surface area contributed by atoms with Crippen molar-refractivity contribution in [3.63, 3.8) is 0 Å². The number of aromatic nitrogens is 1. The molecule has 0 aliphatic carbocycles. The van der Waals surface area contributed by atoms with E-state index in [-0.39, 0.29) is 5.82 Å². The Morgan fingerprint density at radius 3 is 2.65 bits per heavy atom. The van der Waals surface area contributed by atoms with Crippen molar-refractivity contribution in [3.05, 3.63) is 58.5 Å². The topological polar surface area (TPSA) is 65.2 Å². The first-order valence-electron chi connectivity index (χ1n) is 7.69. The number of hydrogen-bond donors (Lipinski definition) is 1. The molecule has 130 valence electrons. The molecular weight excluding hydrogens is 371 g/mol. The fourth-order valence-electron chi connectivity index (χ4n) is 2.77. The Labute approximate surface area is 156 Å². The van der Waals surface area contributed by atoms with Gasteiger partial charge in [0.05, 0.1) is 23.4 Å². The lowest BCUT2D eigenvalue weighted by Gasteiger charge is -2.08. The van der Waals surface area contributed by atoms with Crippen LogP contribution in [-0.4, -0.2) is 18.1 Å². The largest absolute Gasteiger partial charge is 0.465 e. The number of rotatable bonds is 3. The highest BCUT2D eigenvalue weighted by atomic mass is 32.1. The van der Waals surface area contributed by atoms with Crippen molar-refractivity contribution in [2.45, 2.75) is 0 Å². The number of thiophene rings is 2. The molecule has 0 saturated heterocycles. The SMILES string of the molecule is COC(=O)c1sc2nc(-c3cccs3)cc(-c3ccc(F)cc3)c2c1N. The Kier molecular flexibility index (Phi) is 4.18. The summed E-state index contributed by atoms with van der Waals surface area (Å²) < 4.78 is 18.2. The fraction of sp³-hybridized carbons (Fsp3) is 0.0526. The van der Waals surface area contributed by atoms with Crippen LogP contribution >= 0.6 is 22.7 Å². The smallest absolute Gasteiger partial charge is 0.350 e. The predicted octanol–water partition coefficient (Wildman–Crippen LogP) is 5.20. The monoisotopic (exact) mass is 384 g/mol. The van der Waals surface area contributed by atoms with Crippen molar-refractivity contribution in [2.75, 3.05) is 12.8 Å². The van der Waals surface area contributed by atoms with Gasteiger partial charge in [-0.3, -0.25) is 0 Å².